The van der Waals surface area contributed by atoms with Crippen LogP contribution >= 0.6 is 24.2 Å². The number of nitrogens with one attached hydrogen (secondary N) is 4. The van der Waals surface area contributed by atoms with E-state index in [1.807, 2.05) is 26.0 Å². The summed E-state index contributed by atoms with van der Waals surface area (Å²) >= 11 is 9.82. The maximum absolute atomic E-state index is 13.5. The van der Waals surface area contributed by atoms with Gasteiger partial charge in [-0.1, -0.05) is 38.3 Å². The number of aryl methyl sites for hydroxylation is 1. The summed E-state index contributed by atoms with van der Waals surface area (Å²) in [5.41, 5.74) is 3.13. The summed E-state index contributed by atoms with van der Waals surface area (Å²) in [7, 11) is 0. The van der Waals surface area contributed by atoms with Crippen molar-refractivity contribution in [2.45, 2.75) is 59.1 Å². The van der Waals surface area contributed by atoms with Crippen LogP contribution in [0.3, 0.4) is 0 Å². The molecule has 0 aliphatic rings. The Bertz CT molecular complexity index is 1520. The molecule has 0 bridgehead atoms. The molecule has 0 fully saturated rings. The fraction of sp³-hybridized carbons (Fsp3) is 0.406. The maximum Gasteiger partial charge on any atom is 0.262 e. The highest BCUT2D eigenvalue weighted by Gasteiger charge is 2.21. The predicted molar refractivity (Wildman–Crippen MR) is 177 cm³/mol. The maximum atomic E-state index is 13.5. The average molecular weight is 658 g/mol. The number of hydrogen-bond acceptors (Lipinski definition) is 7. The number of aromatic nitrogens is 1. The zero-order valence-corrected chi connectivity index (χ0v) is 27.4. The van der Waals surface area contributed by atoms with Gasteiger partial charge in [0.25, 0.3) is 5.91 Å². The van der Waals surface area contributed by atoms with Gasteiger partial charge >= 0.3 is 0 Å². The lowest BCUT2D eigenvalue weighted by molar-refractivity contribution is -0.128. The van der Waals surface area contributed by atoms with Crippen LogP contribution in [-0.2, 0) is 25.6 Å². The molecule has 1 heterocycles. The first-order valence-electron chi connectivity index (χ1n) is 14.9. The van der Waals surface area contributed by atoms with Gasteiger partial charge in [-0.05, 0) is 67.8 Å². The van der Waals surface area contributed by atoms with Gasteiger partial charge in [-0.25, -0.2) is 0 Å². The third-order valence-corrected chi connectivity index (χ3v) is 7.65. The molecule has 4 N–H and O–H groups in total. The van der Waals surface area contributed by atoms with E-state index in [4.69, 9.17) is 16.3 Å². The van der Waals surface area contributed by atoms with Crippen molar-refractivity contribution >= 4 is 64.7 Å². The lowest BCUT2D eigenvalue weighted by Gasteiger charge is -2.21. The molecule has 0 aliphatic heterocycles. The number of halogens is 1. The van der Waals surface area contributed by atoms with Crippen LogP contribution in [0.1, 0.15) is 61.1 Å². The molecule has 0 spiro atoms. The number of thiol groups is 1. The van der Waals surface area contributed by atoms with Gasteiger partial charge in [0.15, 0.2) is 6.23 Å². The topological polar surface area (TPSA) is 148 Å². The Labute approximate surface area is 273 Å². The second kappa shape index (κ2) is 17.5. The number of rotatable bonds is 16. The molecule has 45 heavy (non-hydrogen) atoms. The number of nitrogens with zero attached hydrogens (tertiary/aromatic N) is 1. The number of benzene rings is 2. The normalized spacial score (nSPS) is 11.5. The summed E-state index contributed by atoms with van der Waals surface area (Å²) in [6.07, 6.45) is 3.35. The summed E-state index contributed by atoms with van der Waals surface area (Å²) in [5, 5.41) is 11.4. The Morgan fingerprint density at radius 1 is 0.867 bits per heavy atom. The minimum absolute atomic E-state index is 0.0558. The Morgan fingerprint density at radius 3 is 2.09 bits per heavy atom. The molecular weight excluding hydrogens is 618 g/mol. The molecule has 0 aliphatic carbocycles. The monoisotopic (exact) mass is 657 g/mol. The van der Waals surface area contributed by atoms with E-state index in [1.54, 1.807) is 34.9 Å². The Balaban J connectivity index is 1.68. The number of hydrogen-bond donors (Lipinski definition) is 5. The quantitative estimate of drug-likeness (QED) is 0.0905. The van der Waals surface area contributed by atoms with Gasteiger partial charge < -0.3 is 26.0 Å². The Kier molecular flexibility index (Phi) is 13.8. The van der Waals surface area contributed by atoms with E-state index in [1.165, 1.54) is 0 Å². The lowest BCUT2D eigenvalue weighted by Crippen LogP contribution is -2.47. The number of ether oxygens (including phenoxy) is 1. The second-order valence-electron chi connectivity index (χ2n) is 10.4. The van der Waals surface area contributed by atoms with E-state index >= 15 is 0 Å². The van der Waals surface area contributed by atoms with Gasteiger partial charge in [0.05, 0.1) is 30.9 Å². The van der Waals surface area contributed by atoms with Crippen LogP contribution in [0.4, 0.5) is 0 Å². The van der Waals surface area contributed by atoms with Crippen LogP contribution < -0.4 is 26.0 Å². The summed E-state index contributed by atoms with van der Waals surface area (Å²) in [6.45, 7) is 5.09. The fourth-order valence-electron chi connectivity index (χ4n) is 4.82. The van der Waals surface area contributed by atoms with Crippen LogP contribution in [0.2, 0.25) is 5.02 Å². The van der Waals surface area contributed by atoms with Crippen molar-refractivity contribution in [1.29, 1.82) is 0 Å². The first-order valence-corrected chi connectivity index (χ1v) is 15.9. The molecule has 4 amide bonds. The molecule has 3 aromatic rings. The number of amides is 4. The number of fused-ring (bicyclic) bond motifs is 1. The van der Waals surface area contributed by atoms with Crippen molar-refractivity contribution in [2.75, 3.05) is 25.4 Å². The largest absolute Gasteiger partial charge is 0.471 e. The van der Waals surface area contributed by atoms with E-state index in [0.29, 0.717) is 29.2 Å². The van der Waals surface area contributed by atoms with E-state index in [2.05, 4.69) is 40.8 Å². The summed E-state index contributed by atoms with van der Waals surface area (Å²) in [6, 6.07) is 12.3. The fourth-order valence-corrected chi connectivity index (χ4v) is 5.06. The Morgan fingerprint density at radius 2 is 1.49 bits per heavy atom. The van der Waals surface area contributed by atoms with E-state index in [9.17, 15) is 24.0 Å². The predicted octanol–water partition coefficient (Wildman–Crippen LogP) is 3.53. The molecular formula is C32H40ClN5O6S. The van der Waals surface area contributed by atoms with Gasteiger partial charge in [0.1, 0.15) is 5.75 Å². The number of carbonyl (C=O) groups is 5. The van der Waals surface area contributed by atoms with Crippen LogP contribution in [0.15, 0.2) is 42.5 Å². The van der Waals surface area contributed by atoms with Gasteiger partial charge in [0, 0.05) is 28.1 Å². The van der Waals surface area contributed by atoms with Gasteiger partial charge in [0.2, 0.25) is 23.6 Å². The van der Waals surface area contributed by atoms with Crippen molar-refractivity contribution in [3.63, 3.8) is 0 Å². The van der Waals surface area contributed by atoms with Crippen LogP contribution in [-0.4, -0.2) is 65.7 Å². The molecule has 2 aromatic carbocycles. The smallest absolute Gasteiger partial charge is 0.262 e. The highest BCUT2D eigenvalue weighted by molar-refractivity contribution is 7.81. The number of carbonyl (C=O) groups excluding carboxylic acids is 5. The molecule has 1 aromatic heterocycles. The lowest BCUT2D eigenvalue weighted by atomic mass is 10.1. The zero-order chi connectivity index (χ0) is 32.9. The Hall–Kier alpha value is -4.03. The molecule has 1 atom stereocenters. The van der Waals surface area contributed by atoms with Crippen molar-refractivity contribution in [3.8, 4) is 5.75 Å². The number of unbranched alkanes of at least 4 members (excludes halogenated alkanes) is 2. The zero-order valence-electron chi connectivity index (χ0n) is 25.7. The van der Waals surface area contributed by atoms with E-state index in [0.717, 1.165) is 41.4 Å². The van der Waals surface area contributed by atoms with E-state index < -0.39 is 29.9 Å². The van der Waals surface area contributed by atoms with Gasteiger partial charge in [-0.2, -0.15) is 12.6 Å². The summed E-state index contributed by atoms with van der Waals surface area (Å²) in [5.74, 6) is -1.65. The van der Waals surface area contributed by atoms with Crippen molar-refractivity contribution in [1.82, 2.24) is 25.8 Å². The van der Waals surface area contributed by atoms with Crippen LogP contribution in [0.5, 0.6) is 5.75 Å². The first-order chi connectivity index (χ1) is 21.6. The highest BCUT2D eigenvalue weighted by Crippen LogP contribution is 2.31. The van der Waals surface area contributed by atoms with Crippen LogP contribution in [0.25, 0.3) is 10.9 Å². The van der Waals surface area contributed by atoms with Crippen molar-refractivity contribution in [3.05, 3.63) is 64.3 Å². The van der Waals surface area contributed by atoms with Gasteiger partial charge in [-0.15, -0.1) is 0 Å². The van der Waals surface area contributed by atoms with Crippen molar-refractivity contribution < 1.29 is 28.7 Å². The molecule has 242 valence electrons. The SMILES string of the molecule is CCCCCC(NC(=O)CNC(=O)CNC(=O)CNC(=O)CS)Oc1ccc2c(c1)c(CC)c(C)n2C(=O)c1ccc(Cl)cc1. The van der Waals surface area contributed by atoms with Crippen molar-refractivity contribution in [2.24, 2.45) is 0 Å². The molecule has 0 saturated heterocycles. The molecule has 13 heteroatoms. The molecule has 0 radical (unpaired) electrons. The summed E-state index contributed by atoms with van der Waals surface area (Å²) in [4.78, 5) is 61.3. The third kappa shape index (κ3) is 10.3. The minimum atomic E-state index is -0.655. The standard InChI is InChI=1S/C32H40ClN5O6S/c1-4-6-7-8-31(37-29(41)18-35-27(39)16-34-28(40)17-36-30(42)19-45)44-23-13-14-26-25(15-23)24(5-2)20(3)38(26)32(43)21-9-11-22(33)12-10-21/h9-15,31,45H,4-8,16-19H2,1-3H3,(H,34,40)(H,35,39)(H,36,42)(H,37,41). The molecule has 0 saturated carbocycles. The third-order valence-electron chi connectivity index (χ3n) is 7.11. The van der Waals surface area contributed by atoms with Crippen LogP contribution in [0, 0.1) is 6.92 Å². The first kappa shape index (κ1) is 35.4. The minimum Gasteiger partial charge on any atom is -0.471 e. The molecule has 3 rings (SSSR count). The highest BCUT2D eigenvalue weighted by atomic mass is 35.5. The molecule has 1 unspecified atom stereocenters. The van der Waals surface area contributed by atoms with E-state index in [-0.39, 0.29) is 31.3 Å². The average Bonchev–Trinajstić information content (AvgIpc) is 3.31. The summed E-state index contributed by atoms with van der Waals surface area (Å²) < 4.78 is 7.94. The van der Waals surface area contributed by atoms with Gasteiger partial charge in [-0.3, -0.25) is 28.5 Å². The second-order valence-corrected chi connectivity index (χ2v) is 11.2. The molecule has 11 nitrogen and oxygen atoms in total.